The van der Waals surface area contributed by atoms with E-state index in [1.807, 2.05) is 29.6 Å². The fraction of sp³-hybridized carbons (Fsp3) is 0.358. The van der Waals surface area contributed by atoms with Crippen LogP contribution < -0.4 is 54.0 Å². The molecule has 32 nitrogen and oxygen atoms in total. The fourth-order valence-electron chi connectivity index (χ4n) is 11.7. The maximum atomic E-state index is 15.1. The first-order valence-corrected chi connectivity index (χ1v) is 31.7. The summed E-state index contributed by atoms with van der Waals surface area (Å²) in [6.45, 7) is 0.0995. The molecule has 4 heterocycles. The Bertz CT molecular complexity index is 4130. The zero-order chi connectivity index (χ0) is 71.6. The molecule has 1 fully saturated rings. The van der Waals surface area contributed by atoms with Crippen molar-refractivity contribution in [3.05, 3.63) is 144 Å². The number of primary amides is 1. The number of carbonyl (C=O) groups excluding carboxylic acids is 10. The van der Waals surface area contributed by atoms with Crippen LogP contribution in [0.4, 0.5) is 0 Å². The van der Waals surface area contributed by atoms with Crippen molar-refractivity contribution in [2.75, 3.05) is 13.2 Å². The Hall–Kier alpha value is -11.5. The number of H-pyrrole nitrogens is 3. The van der Waals surface area contributed by atoms with E-state index in [0.717, 1.165) is 23.4 Å². The summed E-state index contributed by atoms with van der Waals surface area (Å²) in [6.07, 6.45) is -0.839. The van der Waals surface area contributed by atoms with Gasteiger partial charge in [-0.3, -0.25) is 57.5 Å². The quantitative estimate of drug-likeness (QED) is 0.0210. The first kappa shape index (κ1) is 73.3. The molecule has 0 bridgehead atoms. The minimum Gasteiger partial charge on any atom is -0.481 e. The molecule has 32 heteroatoms. The van der Waals surface area contributed by atoms with E-state index < -0.39 is 182 Å². The molecule has 3 aromatic heterocycles. The highest BCUT2D eigenvalue weighted by molar-refractivity contribution is 6.01. The number of para-hydroxylation sites is 3. The minimum atomic E-state index is -2.04. The topological polar surface area (TPSA) is 522 Å². The number of aromatic nitrogens is 3. The van der Waals surface area contributed by atoms with E-state index in [4.69, 9.17) is 11.5 Å². The summed E-state index contributed by atoms with van der Waals surface area (Å²) in [6, 6.07) is 12.5. The first-order valence-electron chi connectivity index (χ1n) is 31.7. The molecule has 10 amide bonds. The maximum absolute atomic E-state index is 15.1. The lowest BCUT2D eigenvalue weighted by atomic mass is 10.0. The lowest BCUT2D eigenvalue weighted by Crippen LogP contribution is -2.61. The summed E-state index contributed by atoms with van der Waals surface area (Å²) in [5.74, 6) is -15.6. The Morgan fingerprint density at radius 3 is 1.44 bits per heavy atom. The molecule has 1 aliphatic heterocycles. The molecule has 99 heavy (non-hydrogen) atoms. The van der Waals surface area contributed by atoms with Crippen LogP contribution in [-0.2, 0) is 88.0 Å². The van der Waals surface area contributed by atoms with Gasteiger partial charge in [-0.1, -0.05) is 84.9 Å². The van der Waals surface area contributed by atoms with Gasteiger partial charge in [0.15, 0.2) is 6.04 Å². The minimum absolute atomic E-state index is 0.0316. The molecule has 8 rings (SSSR count). The van der Waals surface area contributed by atoms with Crippen LogP contribution in [0.3, 0.4) is 0 Å². The lowest BCUT2D eigenvalue weighted by molar-refractivity contribution is -0.146. The number of nitrogens with two attached hydrogens (primary N) is 2. The molecule has 0 unspecified atom stereocenters. The fourth-order valence-corrected chi connectivity index (χ4v) is 11.7. The lowest BCUT2D eigenvalue weighted by Gasteiger charge is -2.31. The average Bonchev–Trinajstić information content (AvgIpc) is 1.72. The molecule has 0 saturated carbocycles. The zero-order valence-electron chi connectivity index (χ0n) is 53.5. The van der Waals surface area contributed by atoms with E-state index >= 15 is 4.79 Å². The maximum Gasteiger partial charge on any atom is 0.328 e. The third kappa shape index (κ3) is 19.6. The third-order valence-corrected chi connectivity index (χ3v) is 16.8. The normalized spacial score (nSPS) is 15.9. The highest BCUT2D eigenvalue weighted by Gasteiger charge is 2.42. The van der Waals surface area contributed by atoms with Crippen molar-refractivity contribution < 1.29 is 87.9 Å². The smallest absolute Gasteiger partial charge is 0.328 e. The summed E-state index contributed by atoms with van der Waals surface area (Å²) in [4.78, 5) is 188. The van der Waals surface area contributed by atoms with Crippen molar-refractivity contribution in [2.45, 2.75) is 138 Å². The van der Waals surface area contributed by atoms with Gasteiger partial charge in [0.2, 0.25) is 59.1 Å². The third-order valence-electron chi connectivity index (χ3n) is 16.8. The Kier molecular flexibility index (Phi) is 25.1. The van der Waals surface area contributed by atoms with Crippen LogP contribution >= 0.6 is 0 Å². The van der Waals surface area contributed by atoms with Crippen LogP contribution in [0.2, 0.25) is 0 Å². The standard InChI is InChI=1S/C67H78N14O18/c1-34(83)57(67(98)99)80-59(90)46(21-22-55(85)86)73-62(93)49(28-54(69)84)75-60(91)47(24-35-12-3-2-4-13-35)74-63(94)50(29-56(87)88)76-61(92)48(26-37-31-71-44-18-9-6-15-40(37)44)77-65(96)53-20-11-23-81(53)66(97)51(27-38-32-72-45-19-10-7-16-41(38)45)78-64(95)52(33-82)79-58(89)42(68)25-36-30-70-43-17-8-5-14-39(36)43/h2-10,12-19,30-32,34,42,46-53,57,70-72,82-83H,11,20-29,33,68H2,1H3,(H2,69,84)(H,73,93)(H,74,94)(H,75,91)(H,76,92)(H,77,96)(H,78,95)(H,79,89)(H,80,90)(H,85,86)(H,87,88)(H,98,99)/t34-,42+,46+,47+,48+,49+,50+,51+,52+,53+,57+/m1/s1. The molecule has 11 atom stereocenters. The molecule has 0 aliphatic carbocycles. The summed E-state index contributed by atoms with van der Waals surface area (Å²) >= 11 is 0. The van der Waals surface area contributed by atoms with Gasteiger partial charge < -0.3 is 99.4 Å². The molecule has 7 aromatic rings. The van der Waals surface area contributed by atoms with Crippen molar-refractivity contribution in [3.8, 4) is 0 Å². The molecule has 524 valence electrons. The predicted octanol–water partition coefficient (Wildman–Crippen LogP) is -1.73. The van der Waals surface area contributed by atoms with Crippen LogP contribution in [0.15, 0.2) is 122 Å². The van der Waals surface area contributed by atoms with E-state index in [0.29, 0.717) is 38.5 Å². The molecule has 1 saturated heterocycles. The zero-order valence-corrected chi connectivity index (χ0v) is 53.5. The van der Waals surface area contributed by atoms with Crippen LogP contribution in [0.25, 0.3) is 32.7 Å². The molecule has 0 radical (unpaired) electrons. The predicted molar refractivity (Wildman–Crippen MR) is 354 cm³/mol. The number of hydrogen-bond acceptors (Lipinski definition) is 16. The summed E-state index contributed by atoms with van der Waals surface area (Å²) in [5.41, 5.74) is 16.1. The number of amides is 10. The number of rotatable bonds is 35. The number of aliphatic hydroxyl groups excluding tert-OH is 2. The Morgan fingerprint density at radius 2 is 0.939 bits per heavy atom. The van der Waals surface area contributed by atoms with Crippen molar-refractivity contribution in [1.82, 2.24) is 62.4 Å². The monoisotopic (exact) mass is 1370 g/mol. The number of nitrogens with zero attached hydrogens (tertiary/aromatic N) is 1. The van der Waals surface area contributed by atoms with Crippen molar-refractivity contribution in [1.29, 1.82) is 0 Å². The van der Waals surface area contributed by atoms with Gasteiger partial charge in [0.1, 0.15) is 48.3 Å². The highest BCUT2D eigenvalue weighted by atomic mass is 16.4. The van der Waals surface area contributed by atoms with Gasteiger partial charge in [-0.15, -0.1) is 0 Å². The number of carbonyl (C=O) groups is 13. The molecule has 4 aromatic carbocycles. The Balaban J connectivity index is 1.03. The van der Waals surface area contributed by atoms with Gasteiger partial charge in [0.25, 0.3) is 0 Å². The molecule has 0 spiro atoms. The van der Waals surface area contributed by atoms with Gasteiger partial charge in [-0.2, -0.15) is 0 Å². The number of aliphatic carboxylic acids is 3. The summed E-state index contributed by atoms with van der Waals surface area (Å²) < 4.78 is 0. The Morgan fingerprint density at radius 1 is 0.505 bits per heavy atom. The van der Waals surface area contributed by atoms with E-state index in [1.54, 1.807) is 85.3 Å². The second kappa shape index (κ2) is 33.9. The van der Waals surface area contributed by atoms with Crippen LogP contribution in [0, 0.1) is 0 Å². The number of carboxylic acids is 3. The van der Waals surface area contributed by atoms with Crippen molar-refractivity contribution in [3.63, 3.8) is 0 Å². The largest absolute Gasteiger partial charge is 0.481 e. The van der Waals surface area contributed by atoms with Gasteiger partial charge in [-0.05, 0) is 73.1 Å². The second-order valence-electron chi connectivity index (χ2n) is 24.1. The Labute approximate surface area is 564 Å². The number of hydrogen-bond donors (Lipinski definition) is 18. The number of benzene rings is 4. The van der Waals surface area contributed by atoms with Gasteiger partial charge in [-0.25, -0.2) is 4.79 Å². The van der Waals surface area contributed by atoms with Crippen LogP contribution in [-0.4, -0.2) is 202 Å². The van der Waals surface area contributed by atoms with Crippen LogP contribution in [0.1, 0.15) is 67.7 Å². The van der Waals surface area contributed by atoms with Crippen molar-refractivity contribution in [2.24, 2.45) is 11.5 Å². The summed E-state index contributed by atoms with van der Waals surface area (Å²) in [5, 5.41) is 71.0. The number of aliphatic hydroxyl groups is 2. The van der Waals surface area contributed by atoms with E-state index in [9.17, 15) is 83.1 Å². The van der Waals surface area contributed by atoms with Gasteiger partial charge in [0.05, 0.1) is 31.6 Å². The highest BCUT2D eigenvalue weighted by Crippen LogP contribution is 2.26. The van der Waals surface area contributed by atoms with E-state index in [-0.39, 0.29) is 38.6 Å². The number of carboxylic acid groups (broad SMARTS) is 3. The van der Waals surface area contributed by atoms with Crippen LogP contribution in [0.5, 0.6) is 0 Å². The molecular weight excluding hydrogens is 1290 g/mol. The van der Waals surface area contributed by atoms with Gasteiger partial charge in [0, 0.05) is 83.5 Å². The van der Waals surface area contributed by atoms with E-state index in [1.165, 1.54) is 17.0 Å². The molecular formula is C67H78N14O18. The summed E-state index contributed by atoms with van der Waals surface area (Å²) in [7, 11) is 0. The average molecular weight is 1370 g/mol. The van der Waals surface area contributed by atoms with Crippen molar-refractivity contribution >= 4 is 110 Å². The number of nitrogens with one attached hydrogen (secondary N) is 11. The first-order chi connectivity index (χ1) is 47.3. The number of fused-ring (bicyclic) bond motifs is 3. The number of likely N-dealkylation sites (tertiary alicyclic amines) is 1. The molecule has 1 aliphatic rings. The molecule has 20 N–H and O–H groups in total. The van der Waals surface area contributed by atoms with Gasteiger partial charge >= 0.3 is 17.9 Å². The van der Waals surface area contributed by atoms with E-state index in [2.05, 4.69) is 52.2 Å². The SMILES string of the molecule is C[C@@H](O)[C@H](NC(=O)[C@H](CCC(=O)O)NC(=O)[C@H](CC(N)=O)NC(=O)[C@H](Cc1ccccc1)NC(=O)[C@H](CC(=O)O)NC(=O)[C@H](Cc1c[nH]c2ccccc12)NC(=O)[C@@H]1CCCN1C(=O)[C@H](Cc1c[nH]c2ccccc12)NC(=O)[C@H](CO)NC(=O)[C@@H](N)Cc1c[nH]c2ccccc12)C(=O)O. The number of aromatic amines is 3. The second-order valence-corrected chi connectivity index (χ2v) is 24.1.